The lowest BCUT2D eigenvalue weighted by molar-refractivity contribution is -0.116. The van der Waals surface area contributed by atoms with E-state index in [0.29, 0.717) is 6.42 Å². The first-order chi connectivity index (χ1) is 11.3. The number of H-pyrrole nitrogens is 1. The van der Waals surface area contributed by atoms with Crippen LogP contribution in [0, 0.1) is 0 Å². The normalized spacial score (nSPS) is 10.4. The fraction of sp³-hybridized carbons (Fsp3) is 0.158. The monoisotopic (exact) mass is 305 g/mol. The van der Waals surface area contributed by atoms with Gasteiger partial charge in [0.05, 0.1) is 5.69 Å². The average molecular weight is 305 g/mol. The summed E-state index contributed by atoms with van der Waals surface area (Å²) in [6.45, 7) is 0. The van der Waals surface area contributed by atoms with Gasteiger partial charge in [-0.15, -0.1) is 0 Å². The van der Waals surface area contributed by atoms with Crippen LogP contribution in [0.4, 0.5) is 5.69 Å². The van der Waals surface area contributed by atoms with Gasteiger partial charge in [-0.1, -0.05) is 42.5 Å². The summed E-state index contributed by atoms with van der Waals surface area (Å²) in [7, 11) is 0. The summed E-state index contributed by atoms with van der Waals surface area (Å²) >= 11 is 0. The number of nitrogens with zero attached hydrogens (tertiary/aromatic N) is 1. The van der Waals surface area contributed by atoms with Gasteiger partial charge < -0.3 is 5.32 Å². The Bertz CT molecular complexity index is 734. The van der Waals surface area contributed by atoms with Crippen molar-refractivity contribution >= 4 is 11.6 Å². The molecule has 0 unspecified atom stereocenters. The molecule has 0 fully saturated rings. The van der Waals surface area contributed by atoms with Crippen LogP contribution in [-0.2, 0) is 11.2 Å². The molecule has 1 heterocycles. The Balaban J connectivity index is 1.48. The minimum atomic E-state index is 0.0511. The lowest BCUT2D eigenvalue weighted by Crippen LogP contribution is -2.11. The first kappa shape index (κ1) is 15.0. The van der Waals surface area contributed by atoms with Gasteiger partial charge in [-0.05, 0) is 42.2 Å². The van der Waals surface area contributed by atoms with E-state index in [1.165, 1.54) is 5.56 Å². The third kappa shape index (κ3) is 4.30. The van der Waals surface area contributed by atoms with Crippen LogP contribution in [0.2, 0.25) is 0 Å². The Morgan fingerprint density at radius 3 is 2.48 bits per heavy atom. The molecule has 3 aromatic rings. The molecule has 0 aliphatic carbocycles. The third-order valence-corrected chi connectivity index (χ3v) is 3.69. The number of aromatic nitrogens is 2. The second-order valence-corrected chi connectivity index (χ2v) is 5.43. The van der Waals surface area contributed by atoms with Crippen molar-refractivity contribution in [2.45, 2.75) is 19.3 Å². The number of aryl methyl sites for hydroxylation is 1. The van der Waals surface area contributed by atoms with E-state index in [1.807, 2.05) is 48.5 Å². The molecule has 0 saturated heterocycles. The van der Waals surface area contributed by atoms with Gasteiger partial charge in [0, 0.05) is 18.3 Å². The highest BCUT2D eigenvalue weighted by Crippen LogP contribution is 2.19. The maximum absolute atomic E-state index is 12.0. The maximum Gasteiger partial charge on any atom is 0.224 e. The standard InChI is InChI=1S/C19H19N3O/c23-19(8-4-7-15-5-2-1-3-6-15)21-17-11-9-16(10-12-17)18-13-14-20-22-18/h1-3,5-6,9-14H,4,7-8H2,(H,20,22)(H,21,23). The molecule has 0 saturated carbocycles. The second kappa shape index (κ2) is 7.40. The Morgan fingerprint density at radius 1 is 1.00 bits per heavy atom. The smallest absolute Gasteiger partial charge is 0.224 e. The average Bonchev–Trinajstić information content (AvgIpc) is 3.11. The van der Waals surface area contributed by atoms with Gasteiger partial charge in [0.1, 0.15) is 0 Å². The number of rotatable bonds is 6. The number of carbonyl (C=O) groups excluding carboxylic acids is 1. The van der Waals surface area contributed by atoms with Crippen LogP contribution in [0.3, 0.4) is 0 Å². The zero-order chi connectivity index (χ0) is 15.9. The highest BCUT2D eigenvalue weighted by Gasteiger charge is 2.04. The molecule has 4 heteroatoms. The zero-order valence-corrected chi connectivity index (χ0v) is 12.8. The molecule has 0 bridgehead atoms. The van der Waals surface area contributed by atoms with Gasteiger partial charge in [0.15, 0.2) is 0 Å². The van der Waals surface area contributed by atoms with E-state index in [2.05, 4.69) is 27.6 Å². The second-order valence-electron chi connectivity index (χ2n) is 5.43. The fourth-order valence-electron chi connectivity index (χ4n) is 2.47. The van der Waals surface area contributed by atoms with E-state index in [0.717, 1.165) is 29.8 Å². The number of benzene rings is 2. The Labute approximate surface area is 135 Å². The van der Waals surface area contributed by atoms with Crippen LogP contribution in [0.25, 0.3) is 11.3 Å². The molecular weight excluding hydrogens is 286 g/mol. The Hall–Kier alpha value is -2.88. The molecule has 1 aromatic heterocycles. The van der Waals surface area contributed by atoms with Crippen molar-refractivity contribution < 1.29 is 4.79 Å². The summed E-state index contributed by atoms with van der Waals surface area (Å²) in [5.41, 5.74) is 4.09. The minimum Gasteiger partial charge on any atom is -0.326 e. The van der Waals surface area contributed by atoms with E-state index in [-0.39, 0.29) is 5.91 Å². The van der Waals surface area contributed by atoms with Gasteiger partial charge in [-0.3, -0.25) is 9.89 Å². The highest BCUT2D eigenvalue weighted by atomic mass is 16.1. The summed E-state index contributed by atoms with van der Waals surface area (Å²) in [6, 6.07) is 19.9. The molecule has 0 spiro atoms. The van der Waals surface area contributed by atoms with Crippen molar-refractivity contribution in [1.82, 2.24) is 10.2 Å². The summed E-state index contributed by atoms with van der Waals surface area (Å²) in [5.74, 6) is 0.0511. The van der Waals surface area contributed by atoms with E-state index in [1.54, 1.807) is 6.20 Å². The van der Waals surface area contributed by atoms with Crippen molar-refractivity contribution in [3.8, 4) is 11.3 Å². The number of nitrogens with one attached hydrogen (secondary N) is 2. The van der Waals surface area contributed by atoms with E-state index >= 15 is 0 Å². The summed E-state index contributed by atoms with van der Waals surface area (Å²) < 4.78 is 0. The lowest BCUT2D eigenvalue weighted by Gasteiger charge is -2.06. The van der Waals surface area contributed by atoms with Crippen molar-refractivity contribution in [2.24, 2.45) is 0 Å². The Morgan fingerprint density at radius 2 is 1.78 bits per heavy atom. The number of hydrogen-bond donors (Lipinski definition) is 2. The number of carbonyl (C=O) groups is 1. The van der Waals surface area contributed by atoms with E-state index in [9.17, 15) is 4.79 Å². The number of amides is 1. The summed E-state index contributed by atoms with van der Waals surface area (Å²) in [4.78, 5) is 12.0. The summed E-state index contributed by atoms with van der Waals surface area (Å²) in [5, 5.41) is 9.79. The quantitative estimate of drug-likeness (QED) is 0.722. The maximum atomic E-state index is 12.0. The highest BCUT2D eigenvalue weighted by molar-refractivity contribution is 5.90. The van der Waals surface area contributed by atoms with Gasteiger partial charge in [-0.2, -0.15) is 5.10 Å². The first-order valence-electron chi connectivity index (χ1n) is 7.75. The predicted octanol–water partition coefficient (Wildman–Crippen LogP) is 4.04. The van der Waals surface area contributed by atoms with Crippen LogP contribution in [0.1, 0.15) is 18.4 Å². The van der Waals surface area contributed by atoms with Crippen molar-refractivity contribution in [1.29, 1.82) is 0 Å². The number of anilines is 1. The number of aromatic amines is 1. The molecule has 0 atom stereocenters. The minimum absolute atomic E-state index is 0.0511. The first-order valence-corrected chi connectivity index (χ1v) is 7.75. The molecule has 3 rings (SSSR count). The third-order valence-electron chi connectivity index (χ3n) is 3.69. The topological polar surface area (TPSA) is 57.8 Å². The van der Waals surface area contributed by atoms with Crippen LogP contribution >= 0.6 is 0 Å². The molecule has 23 heavy (non-hydrogen) atoms. The van der Waals surface area contributed by atoms with Crippen LogP contribution < -0.4 is 5.32 Å². The van der Waals surface area contributed by atoms with Gasteiger partial charge in [0.2, 0.25) is 5.91 Å². The van der Waals surface area contributed by atoms with E-state index < -0.39 is 0 Å². The van der Waals surface area contributed by atoms with Gasteiger partial charge >= 0.3 is 0 Å². The lowest BCUT2D eigenvalue weighted by atomic mass is 10.1. The molecule has 0 aliphatic heterocycles. The fourth-order valence-corrected chi connectivity index (χ4v) is 2.47. The van der Waals surface area contributed by atoms with Crippen LogP contribution in [0.15, 0.2) is 66.9 Å². The molecule has 1 amide bonds. The molecule has 116 valence electrons. The van der Waals surface area contributed by atoms with Crippen molar-refractivity contribution in [3.63, 3.8) is 0 Å². The molecule has 0 radical (unpaired) electrons. The molecule has 2 aromatic carbocycles. The molecule has 0 aliphatic rings. The van der Waals surface area contributed by atoms with Crippen molar-refractivity contribution in [2.75, 3.05) is 5.32 Å². The predicted molar refractivity (Wildman–Crippen MR) is 92.0 cm³/mol. The molecule has 4 nitrogen and oxygen atoms in total. The van der Waals surface area contributed by atoms with Gasteiger partial charge in [-0.25, -0.2) is 0 Å². The van der Waals surface area contributed by atoms with Crippen LogP contribution in [0.5, 0.6) is 0 Å². The number of hydrogen-bond acceptors (Lipinski definition) is 2. The van der Waals surface area contributed by atoms with Gasteiger partial charge in [0.25, 0.3) is 0 Å². The SMILES string of the molecule is O=C(CCCc1ccccc1)Nc1ccc(-c2ccn[nH]2)cc1. The Kier molecular flexibility index (Phi) is 4.84. The van der Waals surface area contributed by atoms with Crippen molar-refractivity contribution in [3.05, 3.63) is 72.4 Å². The zero-order valence-electron chi connectivity index (χ0n) is 12.8. The van der Waals surface area contributed by atoms with E-state index in [4.69, 9.17) is 0 Å². The van der Waals surface area contributed by atoms with Crippen LogP contribution in [-0.4, -0.2) is 16.1 Å². The largest absolute Gasteiger partial charge is 0.326 e. The molecular formula is C19H19N3O. The molecule has 2 N–H and O–H groups in total. The summed E-state index contributed by atoms with van der Waals surface area (Å²) in [6.07, 6.45) is 4.02.